The lowest BCUT2D eigenvalue weighted by atomic mass is 9.74. The summed E-state index contributed by atoms with van der Waals surface area (Å²) in [5, 5.41) is 4.62. The Labute approximate surface area is 114 Å². The van der Waals surface area contributed by atoms with E-state index in [4.69, 9.17) is 4.74 Å². The first-order valence-corrected chi connectivity index (χ1v) is 7.23. The van der Waals surface area contributed by atoms with Crippen molar-refractivity contribution >= 4 is 5.78 Å². The average molecular weight is 262 g/mol. The Balaban J connectivity index is 1.90. The van der Waals surface area contributed by atoms with Gasteiger partial charge in [0.05, 0.1) is 22.9 Å². The summed E-state index contributed by atoms with van der Waals surface area (Å²) in [6, 6.07) is 0.390. The van der Waals surface area contributed by atoms with Crippen LogP contribution in [0.4, 0.5) is 0 Å². The van der Waals surface area contributed by atoms with Crippen molar-refractivity contribution in [2.75, 3.05) is 6.61 Å². The van der Waals surface area contributed by atoms with E-state index in [1.165, 1.54) is 19.3 Å². The van der Waals surface area contributed by atoms with Crippen LogP contribution in [0.3, 0.4) is 0 Å². The van der Waals surface area contributed by atoms with Crippen molar-refractivity contribution in [3.8, 4) is 0 Å². The molecule has 1 saturated heterocycles. The molecule has 2 aliphatic rings. The molecular weight excluding hydrogens is 240 g/mol. The van der Waals surface area contributed by atoms with Crippen LogP contribution >= 0.6 is 0 Å². The first kappa shape index (κ1) is 12.9. The molecule has 1 unspecified atom stereocenters. The Hall–Kier alpha value is -1.16. The number of ether oxygens (including phenoxy) is 1. The highest BCUT2D eigenvalue weighted by Gasteiger charge is 2.43. The molecule has 3 rings (SSSR count). The number of Topliss-reactive ketones (excluding diaryl/α,β-unsaturated/α-hetero) is 1. The van der Waals surface area contributed by atoms with Crippen molar-refractivity contribution in [2.24, 2.45) is 0 Å². The first-order chi connectivity index (χ1) is 9.02. The molecule has 0 bridgehead atoms. The Bertz CT molecular complexity index is 514. The van der Waals surface area contributed by atoms with Crippen molar-refractivity contribution in [3.63, 3.8) is 0 Å². The lowest BCUT2D eigenvalue weighted by molar-refractivity contribution is -0.141. The fraction of sp³-hybridized carbons (Fsp3) is 0.733. The summed E-state index contributed by atoms with van der Waals surface area (Å²) in [7, 11) is 0. The van der Waals surface area contributed by atoms with Gasteiger partial charge in [0.15, 0.2) is 5.78 Å². The highest BCUT2D eigenvalue weighted by Crippen LogP contribution is 2.45. The highest BCUT2D eigenvalue weighted by atomic mass is 16.5. The minimum Gasteiger partial charge on any atom is -0.375 e. The fourth-order valence-corrected chi connectivity index (χ4v) is 3.66. The van der Waals surface area contributed by atoms with Gasteiger partial charge in [-0.05, 0) is 52.9 Å². The van der Waals surface area contributed by atoms with Crippen LogP contribution in [0, 0.1) is 13.8 Å². The third kappa shape index (κ3) is 2.02. The zero-order valence-electron chi connectivity index (χ0n) is 12.0. The largest absolute Gasteiger partial charge is 0.375 e. The maximum absolute atomic E-state index is 11.7. The molecule has 1 aliphatic heterocycles. The average Bonchev–Trinajstić information content (AvgIpc) is 2.63. The molecule has 104 valence electrons. The van der Waals surface area contributed by atoms with E-state index in [1.807, 2.05) is 13.8 Å². The molecule has 4 nitrogen and oxygen atoms in total. The molecule has 1 aliphatic carbocycles. The zero-order valence-corrected chi connectivity index (χ0v) is 12.0. The number of nitrogens with zero attached hydrogens (tertiary/aromatic N) is 2. The number of carbonyl (C=O) groups excluding carboxylic acids is 1. The minimum absolute atomic E-state index is 0.117. The molecule has 2 fully saturated rings. The van der Waals surface area contributed by atoms with Crippen LogP contribution in [0.15, 0.2) is 0 Å². The van der Waals surface area contributed by atoms with Crippen LogP contribution in [0.1, 0.15) is 66.8 Å². The van der Waals surface area contributed by atoms with E-state index in [0.717, 1.165) is 36.4 Å². The molecule has 0 radical (unpaired) electrons. The summed E-state index contributed by atoms with van der Waals surface area (Å²) < 4.78 is 8.05. The van der Waals surface area contributed by atoms with Gasteiger partial charge in [-0.2, -0.15) is 5.10 Å². The van der Waals surface area contributed by atoms with Gasteiger partial charge in [0.2, 0.25) is 0 Å². The standard InChI is InChI=1S/C15H22N2O2/c1-10-14(12(3)18)11(2)17(16-10)13-5-8-19-15(9-13)6-4-7-15/h13H,4-9H2,1-3H3. The van der Waals surface area contributed by atoms with E-state index in [1.54, 1.807) is 6.92 Å². The molecule has 1 saturated carbocycles. The van der Waals surface area contributed by atoms with Crippen LogP contribution in [-0.2, 0) is 4.74 Å². The van der Waals surface area contributed by atoms with Crippen LogP contribution in [0.25, 0.3) is 0 Å². The number of hydrogen-bond acceptors (Lipinski definition) is 3. The van der Waals surface area contributed by atoms with Gasteiger partial charge in [-0.25, -0.2) is 0 Å². The van der Waals surface area contributed by atoms with Crippen molar-refractivity contribution in [3.05, 3.63) is 17.0 Å². The topological polar surface area (TPSA) is 44.1 Å². The highest BCUT2D eigenvalue weighted by molar-refractivity contribution is 5.96. The number of hydrogen-bond donors (Lipinski definition) is 0. The van der Waals surface area contributed by atoms with Crippen LogP contribution < -0.4 is 0 Å². The fourth-order valence-electron chi connectivity index (χ4n) is 3.66. The second-order valence-corrected chi connectivity index (χ2v) is 6.08. The molecule has 1 spiro atoms. The summed E-state index contributed by atoms with van der Waals surface area (Å²) >= 11 is 0. The number of ketones is 1. The normalized spacial score (nSPS) is 25.3. The predicted molar refractivity (Wildman–Crippen MR) is 72.5 cm³/mol. The quantitative estimate of drug-likeness (QED) is 0.770. The monoisotopic (exact) mass is 262 g/mol. The van der Waals surface area contributed by atoms with E-state index in [9.17, 15) is 4.79 Å². The molecule has 2 heterocycles. The van der Waals surface area contributed by atoms with Crippen LogP contribution in [0.2, 0.25) is 0 Å². The lowest BCUT2D eigenvalue weighted by Gasteiger charge is -2.47. The van der Waals surface area contributed by atoms with E-state index < -0.39 is 0 Å². The predicted octanol–water partition coefficient (Wildman–Crippen LogP) is 2.98. The van der Waals surface area contributed by atoms with E-state index in [2.05, 4.69) is 9.78 Å². The molecule has 1 atom stereocenters. The second-order valence-electron chi connectivity index (χ2n) is 6.08. The Morgan fingerprint density at radius 1 is 1.42 bits per heavy atom. The number of rotatable bonds is 2. The molecule has 1 aromatic rings. The third-order valence-electron chi connectivity index (χ3n) is 4.75. The summed E-state index contributed by atoms with van der Waals surface area (Å²) in [5.41, 5.74) is 2.80. The van der Waals surface area contributed by atoms with E-state index >= 15 is 0 Å². The van der Waals surface area contributed by atoms with Crippen LogP contribution in [-0.4, -0.2) is 27.8 Å². The third-order valence-corrected chi connectivity index (χ3v) is 4.75. The van der Waals surface area contributed by atoms with Gasteiger partial charge in [0.25, 0.3) is 0 Å². The molecule has 0 N–H and O–H groups in total. The number of carbonyl (C=O) groups is 1. The number of aryl methyl sites for hydroxylation is 1. The zero-order chi connectivity index (χ0) is 13.6. The molecule has 0 amide bonds. The van der Waals surface area contributed by atoms with Gasteiger partial charge in [0.1, 0.15) is 0 Å². The summed E-state index contributed by atoms with van der Waals surface area (Å²) in [6.45, 7) is 6.38. The van der Waals surface area contributed by atoms with Crippen LogP contribution in [0.5, 0.6) is 0 Å². The van der Waals surface area contributed by atoms with Crippen molar-refractivity contribution in [2.45, 2.75) is 64.5 Å². The van der Waals surface area contributed by atoms with Gasteiger partial charge in [0, 0.05) is 12.3 Å². The van der Waals surface area contributed by atoms with Gasteiger partial charge in [-0.15, -0.1) is 0 Å². The molecule has 0 aromatic carbocycles. The lowest BCUT2D eigenvalue weighted by Crippen LogP contribution is -2.46. The first-order valence-electron chi connectivity index (χ1n) is 7.23. The van der Waals surface area contributed by atoms with E-state index in [0.29, 0.717) is 6.04 Å². The van der Waals surface area contributed by atoms with Crippen molar-refractivity contribution in [1.29, 1.82) is 0 Å². The van der Waals surface area contributed by atoms with Gasteiger partial charge in [-0.1, -0.05) is 0 Å². The Kier molecular flexibility index (Phi) is 3.01. The molecular formula is C15H22N2O2. The van der Waals surface area contributed by atoms with Gasteiger partial charge in [-0.3, -0.25) is 9.48 Å². The van der Waals surface area contributed by atoms with Crippen molar-refractivity contribution in [1.82, 2.24) is 9.78 Å². The summed E-state index contributed by atoms with van der Waals surface area (Å²) in [5.74, 6) is 0.117. The van der Waals surface area contributed by atoms with Crippen molar-refractivity contribution < 1.29 is 9.53 Å². The maximum atomic E-state index is 11.7. The van der Waals surface area contributed by atoms with Gasteiger partial charge >= 0.3 is 0 Å². The molecule has 1 aromatic heterocycles. The Morgan fingerprint density at radius 2 is 2.16 bits per heavy atom. The smallest absolute Gasteiger partial charge is 0.163 e. The Morgan fingerprint density at radius 3 is 2.68 bits per heavy atom. The second kappa shape index (κ2) is 4.44. The SMILES string of the molecule is CC(=O)c1c(C)nn(C2CCOC3(CCC3)C2)c1C. The molecule has 4 heteroatoms. The molecule has 19 heavy (non-hydrogen) atoms. The van der Waals surface area contributed by atoms with E-state index in [-0.39, 0.29) is 11.4 Å². The summed E-state index contributed by atoms with van der Waals surface area (Å²) in [6.07, 6.45) is 5.70. The number of aromatic nitrogens is 2. The summed E-state index contributed by atoms with van der Waals surface area (Å²) in [4.78, 5) is 11.7. The maximum Gasteiger partial charge on any atom is 0.163 e. The minimum atomic E-state index is 0.117. The van der Waals surface area contributed by atoms with Gasteiger partial charge < -0.3 is 4.74 Å².